The van der Waals surface area contributed by atoms with Crippen molar-refractivity contribution in [2.45, 2.75) is 37.6 Å². The Balaban J connectivity index is 2.06. The molecule has 0 spiro atoms. The standard InChI is InChI=1S/C24H21F4NO5S/c1-15(2)29(35(32,33)20-10-8-19(25)9-11-20)21-12-7-18(24(26,27)28)13-22(21)34-14-16-3-5-17(6-4-16)23(30)31/h3-13,15H,14H2,1-2H3,(H,30,31). The maximum Gasteiger partial charge on any atom is 0.416 e. The highest BCUT2D eigenvalue weighted by molar-refractivity contribution is 7.92. The molecule has 0 aromatic heterocycles. The van der Waals surface area contributed by atoms with Crippen LogP contribution in [0, 0.1) is 5.82 Å². The molecule has 0 amide bonds. The van der Waals surface area contributed by atoms with Crippen LogP contribution in [-0.2, 0) is 22.8 Å². The van der Waals surface area contributed by atoms with E-state index in [1.54, 1.807) is 0 Å². The number of hydrogen-bond acceptors (Lipinski definition) is 4. The zero-order chi connectivity index (χ0) is 26.0. The number of nitrogens with zero attached hydrogens (tertiary/aromatic N) is 1. The second kappa shape index (κ2) is 9.95. The van der Waals surface area contributed by atoms with Crippen molar-refractivity contribution in [2.24, 2.45) is 0 Å². The van der Waals surface area contributed by atoms with Gasteiger partial charge in [0.25, 0.3) is 10.0 Å². The summed E-state index contributed by atoms with van der Waals surface area (Å²) < 4.78 is 86.8. The summed E-state index contributed by atoms with van der Waals surface area (Å²) in [7, 11) is -4.30. The van der Waals surface area contributed by atoms with Crippen LogP contribution in [0.15, 0.2) is 71.6 Å². The van der Waals surface area contributed by atoms with Gasteiger partial charge in [0.05, 0.1) is 21.7 Å². The maximum atomic E-state index is 13.4. The number of carboxylic acids is 1. The SMILES string of the molecule is CC(C)N(c1ccc(C(F)(F)F)cc1OCc1ccc(C(=O)O)cc1)S(=O)(=O)c1ccc(F)cc1. The number of alkyl halides is 3. The molecule has 0 heterocycles. The summed E-state index contributed by atoms with van der Waals surface area (Å²) in [6.45, 7) is 2.82. The molecule has 186 valence electrons. The van der Waals surface area contributed by atoms with E-state index in [1.165, 1.54) is 38.1 Å². The number of ether oxygens (including phenoxy) is 1. The Hall–Kier alpha value is -3.60. The van der Waals surface area contributed by atoms with Gasteiger partial charge in [0.2, 0.25) is 0 Å². The third kappa shape index (κ3) is 5.91. The summed E-state index contributed by atoms with van der Waals surface area (Å²) in [6.07, 6.45) is -4.71. The normalized spacial score (nSPS) is 12.0. The third-order valence-corrected chi connectivity index (χ3v) is 6.96. The molecule has 0 aliphatic heterocycles. The van der Waals surface area contributed by atoms with Crippen LogP contribution in [0.25, 0.3) is 0 Å². The largest absolute Gasteiger partial charge is 0.487 e. The molecule has 11 heteroatoms. The van der Waals surface area contributed by atoms with Gasteiger partial charge in [-0.1, -0.05) is 12.1 Å². The fourth-order valence-electron chi connectivity index (χ4n) is 3.30. The van der Waals surface area contributed by atoms with Crippen LogP contribution >= 0.6 is 0 Å². The van der Waals surface area contributed by atoms with Crippen LogP contribution < -0.4 is 9.04 Å². The molecule has 0 radical (unpaired) electrons. The second-order valence-electron chi connectivity index (χ2n) is 7.82. The average molecular weight is 511 g/mol. The lowest BCUT2D eigenvalue weighted by molar-refractivity contribution is -0.137. The zero-order valence-electron chi connectivity index (χ0n) is 18.6. The predicted octanol–water partition coefficient (Wildman–Crippen LogP) is 5.73. The molecule has 3 aromatic rings. The van der Waals surface area contributed by atoms with Gasteiger partial charge in [-0.3, -0.25) is 4.31 Å². The third-order valence-electron chi connectivity index (χ3n) is 4.96. The Kier molecular flexibility index (Phi) is 7.39. The van der Waals surface area contributed by atoms with E-state index in [1.807, 2.05) is 0 Å². The van der Waals surface area contributed by atoms with Crippen molar-refractivity contribution in [2.75, 3.05) is 4.31 Å². The summed E-state index contributed by atoms with van der Waals surface area (Å²) in [5.41, 5.74) is -0.708. The zero-order valence-corrected chi connectivity index (χ0v) is 19.4. The number of hydrogen-bond donors (Lipinski definition) is 1. The lowest BCUT2D eigenvalue weighted by atomic mass is 10.1. The summed E-state index contributed by atoms with van der Waals surface area (Å²) in [6, 6.07) is 11.3. The van der Waals surface area contributed by atoms with E-state index in [-0.39, 0.29) is 28.5 Å². The number of aromatic carboxylic acids is 1. The molecule has 0 saturated carbocycles. The van der Waals surface area contributed by atoms with Crippen molar-refractivity contribution < 1.29 is 40.6 Å². The highest BCUT2D eigenvalue weighted by atomic mass is 32.2. The van der Waals surface area contributed by atoms with E-state index in [0.717, 1.165) is 40.7 Å². The quantitative estimate of drug-likeness (QED) is 0.391. The molecule has 1 N–H and O–H groups in total. The van der Waals surface area contributed by atoms with Gasteiger partial charge in [-0.15, -0.1) is 0 Å². The van der Waals surface area contributed by atoms with Crippen molar-refractivity contribution in [3.63, 3.8) is 0 Å². The first kappa shape index (κ1) is 26.0. The minimum Gasteiger partial charge on any atom is -0.487 e. The van der Waals surface area contributed by atoms with E-state index in [9.17, 15) is 30.8 Å². The van der Waals surface area contributed by atoms with Crippen LogP contribution in [0.4, 0.5) is 23.2 Å². The van der Waals surface area contributed by atoms with Gasteiger partial charge in [0, 0.05) is 6.04 Å². The topological polar surface area (TPSA) is 83.9 Å². The molecule has 0 fully saturated rings. The summed E-state index contributed by atoms with van der Waals surface area (Å²) >= 11 is 0. The molecule has 0 saturated heterocycles. The molecule has 0 atom stereocenters. The Bertz CT molecular complexity index is 1310. The molecule has 0 aliphatic carbocycles. The fraction of sp³-hybridized carbons (Fsp3) is 0.208. The van der Waals surface area contributed by atoms with Crippen molar-refractivity contribution in [1.82, 2.24) is 0 Å². The number of rotatable bonds is 8. The maximum absolute atomic E-state index is 13.4. The smallest absolute Gasteiger partial charge is 0.416 e. The van der Waals surface area contributed by atoms with E-state index in [0.29, 0.717) is 11.6 Å². The first-order valence-electron chi connectivity index (χ1n) is 10.3. The van der Waals surface area contributed by atoms with Gasteiger partial charge in [-0.2, -0.15) is 13.2 Å². The van der Waals surface area contributed by atoms with Gasteiger partial charge in [0.1, 0.15) is 18.2 Å². The van der Waals surface area contributed by atoms with Crippen molar-refractivity contribution in [3.8, 4) is 5.75 Å². The summed E-state index contributed by atoms with van der Waals surface area (Å²) in [5.74, 6) is -2.13. The molecule has 0 bridgehead atoms. The Morgan fingerprint density at radius 2 is 1.60 bits per heavy atom. The highest BCUT2D eigenvalue weighted by Gasteiger charge is 2.34. The van der Waals surface area contributed by atoms with Gasteiger partial charge < -0.3 is 9.84 Å². The predicted molar refractivity (Wildman–Crippen MR) is 120 cm³/mol. The minimum absolute atomic E-state index is 0.0184. The lowest BCUT2D eigenvalue weighted by Crippen LogP contribution is -2.37. The highest BCUT2D eigenvalue weighted by Crippen LogP contribution is 2.39. The van der Waals surface area contributed by atoms with E-state index < -0.39 is 39.6 Å². The van der Waals surface area contributed by atoms with Crippen molar-refractivity contribution in [1.29, 1.82) is 0 Å². The van der Waals surface area contributed by atoms with Crippen molar-refractivity contribution >= 4 is 21.7 Å². The van der Waals surface area contributed by atoms with Crippen molar-refractivity contribution in [3.05, 3.63) is 89.2 Å². The summed E-state index contributed by atoms with van der Waals surface area (Å²) in [5, 5.41) is 9.00. The Morgan fingerprint density at radius 3 is 2.11 bits per heavy atom. The number of benzene rings is 3. The molecule has 3 rings (SSSR count). The molecule has 0 aliphatic rings. The van der Waals surface area contributed by atoms with Crippen LogP contribution in [0.2, 0.25) is 0 Å². The van der Waals surface area contributed by atoms with Crippen LogP contribution in [-0.4, -0.2) is 25.5 Å². The number of carbonyl (C=O) groups is 1. The molecule has 3 aromatic carbocycles. The number of halogens is 4. The average Bonchev–Trinajstić information content (AvgIpc) is 2.78. The van der Waals surface area contributed by atoms with Crippen LogP contribution in [0.3, 0.4) is 0 Å². The fourth-order valence-corrected chi connectivity index (χ4v) is 4.97. The monoisotopic (exact) mass is 511 g/mol. The van der Waals surface area contributed by atoms with E-state index in [4.69, 9.17) is 9.84 Å². The van der Waals surface area contributed by atoms with E-state index >= 15 is 0 Å². The molecule has 35 heavy (non-hydrogen) atoms. The first-order chi connectivity index (χ1) is 16.3. The molecular formula is C24H21F4NO5S. The van der Waals surface area contributed by atoms with Crippen LogP contribution in [0.5, 0.6) is 5.75 Å². The number of anilines is 1. The molecule has 6 nitrogen and oxygen atoms in total. The Labute approximate surface area is 199 Å². The van der Waals surface area contributed by atoms with Gasteiger partial charge in [0.15, 0.2) is 0 Å². The minimum atomic E-state index is -4.71. The molecular weight excluding hydrogens is 490 g/mol. The molecule has 0 unspecified atom stereocenters. The number of carboxylic acid groups (broad SMARTS) is 1. The van der Waals surface area contributed by atoms with Crippen LogP contribution in [0.1, 0.15) is 35.3 Å². The van der Waals surface area contributed by atoms with Gasteiger partial charge in [-0.25, -0.2) is 17.6 Å². The number of sulfonamides is 1. The Morgan fingerprint density at radius 1 is 1.00 bits per heavy atom. The second-order valence-corrected chi connectivity index (χ2v) is 9.63. The lowest BCUT2D eigenvalue weighted by Gasteiger charge is -2.30. The summed E-state index contributed by atoms with van der Waals surface area (Å²) in [4.78, 5) is 10.8. The van der Waals surface area contributed by atoms with Gasteiger partial charge >= 0.3 is 12.1 Å². The van der Waals surface area contributed by atoms with Gasteiger partial charge in [-0.05, 0) is 74.0 Å². The van der Waals surface area contributed by atoms with E-state index in [2.05, 4.69) is 0 Å². The first-order valence-corrected chi connectivity index (χ1v) is 11.7.